The summed E-state index contributed by atoms with van der Waals surface area (Å²) in [5.74, 6) is 0. The molecule has 0 aliphatic heterocycles. The van der Waals surface area contributed by atoms with E-state index in [9.17, 15) is 0 Å². The number of hydrogen-bond donors (Lipinski definition) is 0. The van der Waals surface area contributed by atoms with Crippen LogP contribution in [0.1, 0.15) is 5.56 Å². The van der Waals surface area contributed by atoms with Gasteiger partial charge >= 0.3 is 0 Å². The smallest absolute Gasteiger partial charge is 0.0499 e. The summed E-state index contributed by atoms with van der Waals surface area (Å²) >= 11 is 14.4. The highest BCUT2D eigenvalue weighted by Gasteiger charge is 2.07. The lowest BCUT2D eigenvalue weighted by Gasteiger charge is -2.09. The van der Waals surface area contributed by atoms with Crippen molar-refractivity contribution in [2.75, 3.05) is 0 Å². The van der Waals surface area contributed by atoms with Crippen LogP contribution in [0.4, 0.5) is 0 Å². The Morgan fingerprint density at radius 2 is 1.69 bits per heavy atom. The Morgan fingerprint density at radius 3 is 2.38 bits per heavy atom. The van der Waals surface area contributed by atoms with E-state index in [2.05, 4.69) is 47.7 Å². The van der Waals surface area contributed by atoms with Crippen molar-refractivity contribution in [2.45, 2.75) is 6.92 Å². The second kappa shape index (κ2) is 4.94. The molecule has 82 valence electrons. The average molecular weight is 363 g/mol. The predicted octanol–water partition coefficient (Wildman–Crippen LogP) is 5.57. The molecule has 0 N–H and O–H groups in total. The molecule has 0 aliphatic rings. The third-order valence-electron chi connectivity index (χ3n) is 2.42. The lowest BCUT2D eigenvalue weighted by atomic mass is 10.0. The fraction of sp³-hybridized carbons (Fsp3) is 0.0769. The second-order valence-corrected chi connectivity index (χ2v) is 5.67. The van der Waals surface area contributed by atoms with Gasteiger partial charge in [-0.25, -0.2) is 0 Å². The highest BCUT2D eigenvalue weighted by molar-refractivity contribution is 14.1. The molecule has 0 heterocycles. The van der Waals surface area contributed by atoms with Gasteiger partial charge in [0.25, 0.3) is 0 Å². The maximum atomic E-state index is 6.20. The van der Waals surface area contributed by atoms with Crippen molar-refractivity contribution in [3.63, 3.8) is 0 Å². The van der Waals surface area contributed by atoms with E-state index in [1.807, 2.05) is 12.1 Å². The van der Waals surface area contributed by atoms with E-state index in [1.54, 1.807) is 6.07 Å². The van der Waals surface area contributed by atoms with Gasteiger partial charge < -0.3 is 0 Å². The van der Waals surface area contributed by atoms with Crippen molar-refractivity contribution in [3.8, 4) is 11.1 Å². The number of benzene rings is 2. The Labute approximate surface area is 119 Å². The summed E-state index contributed by atoms with van der Waals surface area (Å²) in [6.45, 7) is 2.08. The Bertz CT molecular complexity index is 535. The summed E-state index contributed by atoms with van der Waals surface area (Å²) in [6.07, 6.45) is 0. The second-order valence-electron chi connectivity index (χ2n) is 3.58. The quantitative estimate of drug-likeness (QED) is 0.581. The van der Waals surface area contributed by atoms with Gasteiger partial charge in [0.1, 0.15) is 0 Å². The van der Waals surface area contributed by atoms with Crippen molar-refractivity contribution in [3.05, 3.63) is 55.6 Å². The molecule has 0 radical (unpaired) electrons. The largest absolute Gasteiger partial charge is 0.0843 e. The summed E-state index contributed by atoms with van der Waals surface area (Å²) in [5.41, 5.74) is 3.40. The third-order valence-corrected chi connectivity index (χ3v) is 3.64. The van der Waals surface area contributed by atoms with Gasteiger partial charge in [-0.2, -0.15) is 0 Å². The zero-order valence-corrected chi connectivity index (χ0v) is 12.3. The first-order chi connectivity index (χ1) is 7.58. The molecule has 2 aromatic carbocycles. The molecule has 0 spiro atoms. The van der Waals surface area contributed by atoms with E-state index < -0.39 is 0 Å². The molecule has 2 aromatic rings. The van der Waals surface area contributed by atoms with Crippen LogP contribution >= 0.6 is 45.8 Å². The molecule has 0 saturated heterocycles. The van der Waals surface area contributed by atoms with Crippen LogP contribution in [-0.4, -0.2) is 0 Å². The summed E-state index contributed by atoms with van der Waals surface area (Å²) in [6, 6.07) is 11.9. The number of hydrogen-bond acceptors (Lipinski definition) is 0. The molecule has 0 aliphatic carbocycles. The number of rotatable bonds is 1. The van der Waals surface area contributed by atoms with Crippen molar-refractivity contribution in [2.24, 2.45) is 0 Å². The minimum Gasteiger partial charge on any atom is -0.0843 e. The van der Waals surface area contributed by atoms with Crippen LogP contribution in [0.3, 0.4) is 0 Å². The Kier molecular flexibility index (Phi) is 3.77. The number of halogens is 3. The minimum absolute atomic E-state index is 0.664. The van der Waals surface area contributed by atoms with E-state index in [1.165, 1.54) is 9.13 Å². The van der Waals surface area contributed by atoms with Gasteiger partial charge in [-0.15, -0.1) is 0 Å². The van der Waals surface area contributed by atoms with E-state index in [-0.39, 0.29) is 0 Å². The molecular formula is C13H9Cl2I. The van der Waals surface area contributed by atoms with Crippen LogP contribution in [0, 0.1) is 10.5 Å². The molecule has 3 heteroatoms. The van der Waals surface area contributed by atoms with Gasteiger partial charge in [-0.3, -0.25) is 0 Å². The van der Waals surface area contributed by atoms with Gasteiger partial charge in [-0.1, -0.05) is 35.3 Å². The van der Waals surface area contributed by atoms with E-state index in [0.717, 1.165) is 11.1 Å². The molecule has 0 atom stereocenters. The first-order valence-corrected chi connectivity index (χ1v) is 6.63. The zero-order chi connectivity index (χ0) is 11.7. The highest BCUT2D eigenvalue weighted by Crippen LogP contribution is 2.33. The Morgan fingerprint density at radius 1 is 0.938 bits per heavy atom. The Balaban J connectivity index is 2.62. The van der Waals surface area contributed by atoms with Crippen molar-refractivity contribution in [1.82, 2.24) is 0 Å². The fourth-order valence-corrected chi connectivity index (χ4v) is 2.59. The van der Waals surface area contributed by atoms with Crippen LogP contribution in [0.5, 0.6) is 0 Å². The van der Waals surface area contributed by atoms with Gasteiger partial charge in [0, 0.05) is 19.2 Å². The average Bonchev–Trinajstić information content (AvgIpc) is 2.22. The lowest BCUT2D eigenvalue weighted by Crippen LogP contribution is -1.85. The van der Waals surface area contributed by atoms with E-state index >= 15 is 0 Å². The Hall–Kier alpha value is -0.250. The predicted molar refractivity (Wildman–Crippen MR) is 79.4 cm³/mol. The molecular weight excluding hydrogens is 354 g/mol. The molecule has 2 rings (SSSR count). The van der Waals surface area contributed by atoms with Gasteiger partial charge in [0.15, 0.2) is 0 Å². The van der Waals surface area contributed by atoms with Crippen LogP contribution in [0.2, 0.25) is 10.0 Å². The van der Waals surface area contributed by atoms with Gasteiger partial charge in [0.2, 0.25) is 0 Å². The maximum absolute atomic E-state index is 6.20. The topological polar surface area (TPSA) is 0 Å². The SMILES string of the molecule is Cc1ccc(I)cc1-c1ccc(Cl)cc1Cl. The van der Waals surface area contributed by atoms with E-state index in [0.29, 0.717) is 10.0 Å². The summed E-state index contributed by atoms with van der Waals surface area (Å²) in [4.78, 5) is 0. The number of aryl methyl sites for hydroxylation is 1. The normalized spacial score (nSPS) is 10.5. The minimum atomic E-state index is 0.664. The van der Waals surface area contributed by atoms with Gasteiger partial charge in [0.05, 0.1) is 0 Å². The molecule has 0 saturated carbocycles. The van der Waals surface area contributed by atoms with E-state index in [4.69, 9.17) is 23.2 Å². The first-order valence-electron chi connectivity index (χ1n) is 4.79. The van der Waals surface area contributed by atoms with Crippen LogP contribution in [-0.2, 0) is 0 Å². The van der Waals surface area contributed by atoms with Crippen LogP contribution in [0.25, 0.3) is 11.1 Å². The first kappa shape index (κ1) is 12.2. The standard InChI is InChI=1S/C13H9Cl2I/c1-8-2-4-10(16)7-12(8)11-5-3-9(14)6-13(11)15/h2-7H,1H3. The molecule has 0 aromatic heterocycles. The molecule has 0 fully saturated rings. The van der Waals surface area contributed by atoms with Crippen molar-refractivity contribution >= 4 is 45.8 Å². The monoisotopic (exact) mass is 362 g/mol. The van der Waals surface area contributed by atoms with Crippen LogP contribution < -0.4 is 0 Å². The molecule has 0 nitrogen and oxygen atoms in total. The lowest BCUT2D eigenvalue weighted by molar-refractivity contribution is 1.44. The van der Waals surface area contributed by atoms with Crippen molar-refractivity contribution < 1.29 is 0 Å². The highest BCUT2D eigenvalue weighted by atomic mass is 127. The molecule has 16 heavy (non-hydrogen) atoms. The molecule has 0 unspecified atom stereocenters. The van der Waals surface area contributed by atoms with Crippen molar-refractivity contribution in [1.29, 1.82) is 0 Å². The summed E-state index contributed by atoms with van der Waals surface area (Å²) < 4.78 is 1.20. The fourth-order valence-electron chi connectivity index (χ4n) is 1.59. The molecule has 0 amide bonds. The van der Waals surface area contributed by atoms with Gasteiger partial charge in [-0.05, 0) is 64.9 Å². The summed E-state index contributed by atoms with van der Waals surface area (Å²) in [7, 11) is 0. The van der Waals surface area contributed by atoms with Crippen LogP contribution in [0.15, 0.2) is 36.4 Å². The maximum Gasteiger partial charge on any atom is 0.0499 e. The zero-order valence-electron chi connectivity index (χ0n) is 8.60. The summed E-state index contributed by atoms with van der Waals surface area (Å²) in [5, 5.41) is 1.36. The molecule has 0 bridgehead atoms. The third kappa shape index (κ3) is 2.53.